The molecule has 9 heteroatoms. The number of hydrogen-bond donors (Lipinski definition) is 1. The zero-order chi connectivity index (χ0) is 18.5. The first-order valence-corrected chi connectivity index (χ1v) is 9.28. The lowest BCUT2D eigenvalue weighted by atomic mass is 9.96. The number of tetrazole rings is 1. The lowest BCUT2D eigenvalue weighted by Gasteiger charge is -2.22. The van der Waals surface area contributed by atoms with Crippen LogP contribution in [-0.2, 0) is 13.1 Å². The average molecular weight is 366 g/mol. The minimum Gasteiger partial charge on any atom is -0.347 e. The fourth-order valence-corrected chi connectivity index (χ4v) is 3.42. The third kappa shape index (κ3) is 4.18. The molecule has 0 bridgehead atoms. The van der Waals surface area contributed by atoms with Gasteiger partial charge in [0.25, 0.3) is 5.91 Å². The van der Waals surface area contributed by atoms with Crippen LogP contribution < -0.4 is 5.32 Å². The van der Waals surface area contributed by atoms with Gasteiger partial charge in [-0.05, 0) is 28.8 Å². The molecule has 9 nitrogen and oxygen atoms in total. The van der Waals surface area contributed by atoms with E-state index in [-0.39, 0.29) is 11.6 Å². The Morgan fingerprint density at radius 2 is 1.89 bits per heavy atom. The van der Waals surface area contributed by atoms with E-state index in [0.717, 1.165) is 24.2 Å². The predicted octanol–water partition coefficient (Wildman–Crippen LogP) is 1.75. The molecule has 0 spiro atoms. The summed E-state index contributed by atoms with van der Waals surface area (Å²) in [5.74, 6) is 0.486. The van der Waals surface area contributed by atoms with Gasteiger partial charge in [0.2, 0.25) is 0 Å². The molecule has 1 aliphatic rings. The number of carbonyl (C=O) groups is 1. The standard InChI is InChI=1S/C18H22N8O/c27-18(19-11-14-7-3-1-4-8-14)16-12-25(23-20-16)13-17-21-22-24-26(17)15-9-5-2-6-10-15/h1,3-4,7-8,12,15H,2,5-6,9-11,13H2,(H,19,27). The van der Waals surface area contributed by atoms with E-state index < -0.39 is 0 Å². The number of hydrogen-bond acceptors (Lipinski definition) is 6. The van der Waals surface area contributed by atoms with E-state index in [1.807, 2.05) is 35.0 Å². The number of aromatic nitrogens is 7. The van der Waals surface area contributed by atoms with Gasteiger partial charge < -0.3 is 5.32 Å². The smallest absolute Gasteiger partial charge is 0.273 e. The minimum atomic E-state index is -0.253. The SMILES string of the molecule is O=C(NCc1ccccc1)c1cn(Cc2nnnn2C2CCCCC2)nn1. The van der Waals surface area contributed by atoms with Gasteiger partial charge in [0.05, 0.1) is 12.2 Å². The molecular formula is C18H22N8O. The number of nitrogens with one attached hydrogen (secondary N) is 1. The quantitative estimate of drug-likeness (QED) is 0.713. The summed E-state index contributed by atoms with van der Waals surface area (Å²) < 4.78 is 3.50. The van der Waals surface area contributed by atoms with E-state index in [2.05, 4.69) is 31.2 Å². The van der Waals surface area contributed by atoms with Crippen molar-refractivity contribution in [1.82, 2.24) is 40.5 Å². The highest BCUT2D eigenvalue weighted by Crippen LogP contribution is 2.27. The highest BCUT2D eigenvalue weighted by molar-refractivity contribution is 5.91. The van der Waals surface area contributed by atoms with Crippen LogP contribution in [0.2, 0.25) is 0 Å². The predicted molar refractivity (Wildman–Crippen MR) is 96.7 cm³/mol. The van der Waals surface area contributed by atoms with Crippen molar-refractivity contribution in [2.24, 2.45) is 0 Å². The van der Waals surface area contributed by atoms with Crippen LogP contribution in [0.5, 0.6) is 0 Å². The van der Waals surface area contributed by atoms with Crippen LogP contribution in [0.15, 0.2) is 36.5 Å². The van der Waals surface area contributed by atoms with Crippen molar-refractivity contribution in [3.63, 3.8) is 0 Å². The Bertz CT molecular complexity index is 882. The topological polar surface area (TPSA) is 103 Å². The molecule has 1 N–H and O–H groups in total. The number of benzene rings is 1. The Morgan fingerprint density at radius 1 is 1.07 bits per heavy atom. The lowest BCUT2D eigenvalue weighted by molar-refractivity contribution is 0.0946. The van der Waals surface area contributed by atoms with Gasteiger partial charge in [-0.15, -0.1) is 10.2 Å². The first-order chi connectivity index (χ1) is 13.3. The normalized spacial score (nSPS) is 15.0. The molecule has 2 aromatic heterocycles. The van der Waals surface area contributed by atoms with Crippen LogP contribution in [-0.4, -0.2) is 41.1 Å². The molecule has 0 saturated heterocycles. The molecule has 4 rings (SSSR count). The van der Waals surface area contributed by atoms with Gasteiger partial charge in [0, 0.05) is 6.54 Å². The molecule has 1 amide bonds. The Morgan fingerprint density at radius 3 is 2.70 bits per heavy atom. The van der Waals surface area contributed by atoms with Crippen LogP contribution >= 0.6 is 0 Å². The monoisotopic (exact) mass is 366 g/mol. The maximum Gasteiger partial charge on any atom is 0.273 e. The van der Waals surface area contributed by atoms with E-state index >= 15 is 0 Å². The Kier molecular flexibility index (Phi) is 5.17. The first-order valence-electron chi connectivity index (χ1n) is 9.28. The number of carbonyl (C=O) groups excluding carboxylic acids is 1. The van der Waals surface area contributed by atoms with Crippen LogP contribution in [0, 0.1) is 0 Å². The first kappa shape index (κ1) is 17.3. The maximum absolute atomic E-state index is 12.3. The fraction of sp³-hybridized carbons (Fsp3) is 0.444. The molecule has 27 heavy (non-hydrogen) atoms. The summed E-state index contributed by atoms with van der Waals surface area (Å²) in [7, 11) is 0. The second-order valence-corrected chi connectivity index (χ2v) is 6.80. The zero-order valence-corrected chi connectivity index (χ0v) is 15.0. The molecule has 1 saturated carbocycles. The molecule has 0 aliphatic heterocycles. The summed E-state index contributed by atoms with van der Waals surface area (Å²) in [5.41, 5.74) is 1.31. The molecule has 0 atom stereocenters. The van der Waals surface area contributed by atoms with E-state index in [0.29, 0.717) is 19.1 Å². The molecule has 0 unspecified atom stereocenters. The summed E-state index contributed by atoms with van der Waals surface area (Å²) in [5, 5.41) is 23.0. The number of nitrogens with zero attached hydrogens (tertiary/aromatic N) is 7. The molecular weight excluding hydrogens is 344 g/mol. The summed E-state index contributed by atoms with van der Waals surface area (Å²) in [4.78, 5) is 12.3. The maximum atomic E-state index is 12.3. The van der Waals surface area contributed by atoms with E-state index in [1.54, 1.807) is 10.9 Å². The number of rotatable bonds is 6. The van der Waals surface area contributed by atoms with Crippen LogP contribution in [0.1, 0.15) is 60.0 Å². The fourth-order valence-electron chi connectivity index (χ4n) is 3.42. The second kappa shape index (κ2) is 8.07. The summed E-state index contributed by atoms with van der Waals surface area (Å²) >= 11 is 0. The van der Waals surface area contributed by atoms with Crippen LogP contribution in [0.4, 0.5) is 0 Å². The molecule has 140 valence electrons. The number of amides is 1. The molecule has 1 aromatic carbocycles. The van der Waals surface area contributed by atoms with Crippen LogP contribution in [0.3, 0.4) is 0 Å². The minimum absolute atomic E-state index is 0.253. The van der Waals surface area contributed by atoms with E-state index in [9.17, 15) is 4.79 Å². The van der Waals surface area contributed by atoms with Crippen LogP contribution in [0.25, 0.3) is 0 Å². The lowest BCUT2D eigenvalue weighted by Crippen LogP contribution is -2.23. The molecule has 1 aliphatic carbocycles. The van der Waals surface area contributed by atoms with Crippen molar-refractivity contribution in [2.75, 3.05) is 0 Å². The Hall–Kier alpha value is -3.10. The molecule has 1 fully saturated rings. The van der Waals surface area contributed by atoms with Crippen molar-refractivity contribution >= 4 is 5.91 Å². The van der Waals surface area contributed by atoms with Gasteiger partial charge in [0.1, 0.15) is 6.54 Å². The third-order valence-electron chi connectivity index (χ3n) is 4.85. The molecule has 0 radical (unpaired) electrons. The summed E-state index contributed by atoms with van der Waals surface area (Å²) in [6.45, 7) is 0.842. The van der Waals surface area contributed by atoms with Crippen molar-refractivity contribution < 1.29 is 4.79 Å². The highest BCUT2D eigenvalue weighted by Gasteiger charge is 2.20. The molecule has 2 heterocycles. The van der Waals surface area contributed by atoms with Gasteiger partial charge in [0.15, 0.2) is 11.5 Å². The van der Waals surface area contributed by atoms with Gasteiger partial charge >= 0.3 is 0 Å². The summed E-state index contributed by atoms with van der Waals surface area (Å²) in [6, 6.07) is 10.1. The summed E-state index contributed by atoms with van der Waals surface area (Å²) in [6.07, 6.45) is 7.52. The van der Waals surface area contributed by atoms with E-state index in [4.69, 9.17) is 0 Å². The van der Waals surface area contributed by atoms with Gasteiger partial charge in [-0.2, -0.15) is 0 Å². The van der Waals surface area contributed by atoms with Gasteiger partial charge in [-0.25, -0.2) is 9.36 Å². The van der Waals surface area contributed by atoms with E-state index in [1.165, 1.54) is 19.3 Å². The van der Waals surface area contributed by atoms with Crippen molar-refractivity contribution in [3.05, 3.63) is 53.6 Å². The average Bonchev–Trinajstić information content (AvgIpc) is 3.38. The zero-order valence-electron chi connectivity index (χ0n) is 15.0. The van der Waals surface area contributed by atoms with Crippen molar-refractivity contribution in [1.29, 1.82) is 0 Å². The van der Waals surface area contributed by atoms with Crippen molar-refractivity contribution in [2.45, 2.75) is 51.2 Å². The third-order valence-corrected chi connectivity index (χ3v) is 4.85. The second-order valence-electron chi connectivity index (χ2n) is 6.80. The Balaban J connectivity index is 1.38. The largest absolute Gasteiger partial charge is 0.347 e. The Labute approximate surface area is 156 Å². The highest BCUT2D eigenvalue weighted by atomic mass is 16.2. The van der Waals surface area contributed by atoms with Crippen molar-refractivity contribution in [3.8, 4) is 0 Å². The van der Waals surface area contributed by atoms with Gasteiger partial charge in [-0.1, -0.05) is 54.8 Å². The molecule has 3 aromatic rings. The van der Waals surface area contributed by atoms with Gasteiger partial charge in [-0.3, -0.25) is 4.79 Å².